The first-order valence-electron chi connectivity index (χ1n) is 6.93. The predicted molar refractivity (Wildman–Crippen MR) is 83.8 cm³/mol. The van der Waals surface area contributed by atoms with Crippen molar-refractivity contribution in [1.82, 2.24) is 0 Å². The molecule has 1 amide bonds. The molecule has 1 heterocycles. The van der Waals surface area contributed by atoms with E-state index in [0.29, 0.717) is 11.3 Å². The van der Waals surface area contributed by atoms with Gasteiger partial charge in [-0.05, 0) is 18.1 Å². The lowest BCUT2D eigenvalue weighted by molar-refractivity contribution is -0.115. The SMILES string of the molecule is CCc1ccc(COCC(C)(F)F)c(N2C(=N)SCC2=O)c1. The Labute approximate surface area is 132 Å². The van der Waals surface area contributed by atoms with Crippen LogP contribution < -0.4 is 4.90 Å². The summed E-state index contributed by atoms with van der Waals surface area (Å²) in [7, 11) is 0. The van der Waals surface area contributed by atoms with Gasteiger partial charge in [-0.3, -0.25) is 15.1 Å². The molecule has 0 unspecified atom stereocenters. The van der Waals surface area contributed by atoms with Crippen molar-refractivity contribution in [1.29, 1.82) is 5.41 Å². The summed E-state index contributed by atoms with van der Waals surface area (Å²) in [5.41, 5.74) is 2.19. The Morgan fingerprint density at radius 3 is 2.73 bits per heavy atom. The van der Waals surface area contributed by atoms with Crippen molar-refractivity contribution >= 4 is 28.5 Å². The summed E-state index contributed by atoms with van der Waals surface area (Å²) >= 11 is 1.16. The van der Waals surface area contributed by atoms with Crippen LogP contribution in [-0.2, 0) is 22.6 Å². The Morgan fingerprint density at radius 1 is 1.45 bits per heavy atom. The van der Waals surface area contributed by atoms with Gasteiger partial charge in [0.05, 0.1) is 18.0 Å². The lowest BCUT2D eigenvalue weighted by Gasteiger charge is -2.20. The minimum Gasteiger partial charge on any atom is -0.370 e. The van der Waals surface area contributed by atoms with Crippen LogP contribution in [0, 0.1) is 5.41 Å². The van der Waals surface area contributed by atoms with Gasteiger partial charge >= 0.3 is 0 Å². The molecule has 0 atom stereocenters. The molecule has 1 aliphatic heterocycles. The number of carbonyl (C=O) groups is 1. The fourth-order valence-electron chi connectivity index (χ4n) is 2.12. The average Bonchev–Trinajstić information content (AvgIpc) is 2.77. The molecule has 22 heavy (non-hydrogen) atoms. The number of nitrogens with one attached hydrogen (secondary N) is 1. The molecular formula is C15H18F2N2O2S. The van der Waals surface area contributed by atoms with E-state index < -0.39 is 12.5 Å². The van der Waals surface area contributed by atoms with Gasteiger partial charge in [0.25, 0.3) is 5.92 Å². The van der Waals surface area contributed by atoms with Gasteiger partial charge in [-0.2, -0.15) is 0 Å². The number of amides is 1. The maximum absolute atomic E-state index is 12.8. The number of alkyl halides is 2. The van der Waals surface area contributed by atoms with E-state index >= 15 is 0 Å². The molecule has 120 valence electrons. The lowest BCUT2D eigenvalue weighted by Crippen LogP contribution is -2.30. The summed E-state index contributed by atoms with van der Waals surface area (Å²) in [6.45, 7) is 2.08. The molecule has 1 saturated heterocycles. The highest BCUT2D eigenvalue weighted by molar-refractivity contribution is 8.15. The zero-order valence-electron chi connectivity index (χ0n) is 12.5. The normalized spacial score (nSPS) is 15.7. The van der Waals surface area contributed by atoms with E-state index in [0.717, 1.165) is 30.7 Å². The quantitative estimate of drug-likeness (QED) is 0.870. The molecule has 2 rings (SSSR count). The zero-order valence-corrected chi connectivity index (χ0v) is 13.3. The first-order valence-corrected chi connectivity index (χ1v) is 7.92. The third kappa shape index (κ3) is 4.04. The van der Waals surface area contributed by atoms with Gasteiger partial charge in [0.15, 0.2) is 5.17 Å². The Balaban J connectivity index is 2.25. The fraction of sp³-hybridized carbons (Fsp3) is 0.467. The maximum Gasteiger partial charge on any atom is 0.268 e. The lowest BCUT2D eigenvalue weighted by atomic mass is 10.1. The minimum absolute atomic E-state index is 0.0233. The van der Waals surface area contributed by atoms with Crippen LogP contribution in [0.2, 0.25) is 0 Å². The summed E-state index contributed by atoms with van der Waals surface area (Å²) in [5, 5.41) is 8.03. The molecule has 1 aliphatic rings. The average molecular weight is 328 g/mol. The van der Waals surface area contributed by atoms with Crippen molar-refractivity contribution in [3.63, 3.8) is 0 Å². The Hall–Kier alpha value is -1.47. The van der Waals surface area contributed by atoms with Gasteiger partial charge in [-0.15, -0.1) is 0 Å². The molecule has 0 spiro atoms. The molecule has 0 radical (unpaired) electrons. The molecule has 7 heteroatoms. The van der Waals surface area contributed by atoms with Crippen LogP contribution in [0.3, 0.4) is 0 Å². The van der Waals surface area contributed by atoms with Gasteiger partial charge in [-0.25, -0.2) is 8.78 Å². The molecule has 0 bridgehead atoms. The molecule has 4 nitrogen and oxygen atoms in total. The minimum atomic E-state index is -2.89. The van der Waals surface area contributed by atoms with E-state index in [4.69, 9.17) is 10.1 Å². The van der Waals surface area contributed by atoms with Crippen LogP contribution >= 0.6 is 11.8 Å². The molecule has 1 fully saturated rings. The summed E-state index contributed by atoms with van der Waals surface area (Å²) in [6, 6.07) is 5.47. The Bertz CT molecular complexity index is 571. The number of thioether (sulfide) groups is 1. The van der Waals surface area contributed by atoms with Gasteiger partial charge in [0.2, 0.25) is 5.91 Å². The number of ether oxygens (including phenoxy) is 1. The van der Waals surface area contributed by atoms with Crippen molar-refractivity contribution in [3.8, 4) is 0 Å². The molecule has 1 aromatic rings. The third-order valence-electron chi connectivity index (χ3n) is 3.20. The van der Waals surface area contributed by atoms with Crippen LogP contribution in [0.5, 0.6) is 0 Å². The summed E-state index contributed by atoms with van der Waals surface area (Å²) in [5.74, 6) is -2.84. The first kappa shape index (κ1) is 16.9. The molecular weight excluding hydrogens is 310 g/mol. The van der Waals surface area contributed by atoms with Gasteiger partial charge in [0, 0.05) is 12.5 Å². The zero-order chi connectivity index (χ0) is 16.3. The monoisotopic (exact) mass is 328 g/mol. The van der Waals surface area contributed by atoms with Crippen LogP contribution in [0.15, 0.2) is 18.2 Å². The number of nitrogens with zero attached hydrogens (tertiary/aromatic N) is 1. The topological polar surface area (TPSA) is 53.4 Å². The van der Waals surface area contributed by atoms with E-state index in [1.165, 1.54) is 4.90 Å². The van der Waals surface area contributed by atoms with Gasteiger partial charge in [0.1, 0.15) is 6.61 Å². The van der Waals surface area contributed by atoms with Crippen molar-refractivity contribution in [2.75, 3.05) is 17.3 Å². The van der Waals surface area contributed by atoms with E-state index in [1.54, 1.807) is 6.07 Å². The number of anilines is 1. The van der Waals surface area contributed by atoms with Gasteiger partial charge < -0.3 is 4.74 Å². The number of aryl methyl sites for hydroxylation is 1. The van der Waals surface area contributed by atoms with E-state index in [1.807, 2.05) is 19.1 Å². The number of hydrogen-bond donors (Lipinski definition) is 1. The molecule has 1 N–H and O–H groups in total. The summed E-state index contributed by atoms with van der Waals surface area (Å²) < 4.78 is 30.7. The second-order valence-corrected chi connectivity index (χ2v) is 6.17. The molecule has 0 aliphatic carbocycles. The van der Waals surface area contributed by atoms with E-state index in [2.05, 4.69) is 0 Å². The molecule has 0 aromatic heterocycles. The van der Waals surface area contributed by atoms with Crippen molar-refractivity contribution in [2.45, 2.75) is 32.8 Å². The highest BCUT2D eigenvalue weighted by Crippen LogP contribution is 2.30. The molecule has 1 aromatic carbocycles. The van der Waals surface area contributed by atoms with Crippen LogP contribution in [0.25, 0.3) is 0 Å². The van der Waals surface area contributed by atoms with E-state index in [9.17, 15) is 13.6 Å². The fourth-order valence-corrected chi connectivity index (χ4v) is 2.83. The van der Waals surface area contributed by atoms with Crippen molar-refractivity contribution < 1.29 is 18.3 Å². The summed E-state index contributed by atoms with van der Waals surface area (Å²) in [4.78, 5) is 13.3. The predicted octanol–water partition coefficient (Wildman–Crippen LogP) is 3.44. The highest BCUT2D eigenvalue weighted by Gasteiger charge is 2.30. The Morgan fingerprint density at radius 2 is 2.18 bits per heavy atom. The number of carbonyl (C=O) groups excluding carboxylic acids is 1. The first-order chi connectivity index (χ1) is 10.3. The summed E-state index contributed by atoms with van der Waals surface area (Å²) in [6.07, 6.45) is 0.781. The standard InChI is InChI=1S/C15H18F2N2O2S/c1-3-10-4-5-11(7-21-9-15(2,16)17)12(6-10)19-13(20)8-22-14(19)18/h4-6,18H,3,7-9H2,1-2H3. The largest absolute Gasteiger partial charge is 0.370 e. The molecule has 0 saturated carbocycles. The Kier molecular flexibility index (Phi) is 5.18. The van der Waals surface area contributed by atoms with Crippen LogP contribution in [0.1, 0.15) is 25.0 Å². The second-order valence-electron chi connectivity index (χ2n) is 5.20. The van der Waals surface area contributed by atoms with E-state index in [-0.39, 0.29) is 23.4 Å². The number of benzene rings is 1. The number of hydrogen-bond acceptors (Lipinski definition) is 4. The van der Waals surface area contributed by atoms with Gasteiger partial charge in [-0.1, -0.05) is 30.8 Å². The van der Waals surface area contributed by atoms with Crippen molar-refractivity contribution in [2.24, 2.45) is 0 Å². The number of halogens is 2. The van der Waals surface area contributed by atoms with Crippen LogP contribution in [0.4, 0.5) is 14.5 Å². The third-order valence-corrected chi connectivity index (χ3v) is 4.04. The highest BCUT2D eigenvalue weighted by atomic mass is 32.2. The maximum atomic E-state index is 12.8. The number of amidine groups is 1. The number of rotatable bonds is 6. The smallest absolute Gasteiger partial charge is 0.268 e. The van der Waals surface area contributed by atoms with Crippen molar-refractivity contribution in [3.05, 3.63) is 29.3 Å². The second kappa shape index (κ2) is 6.75. The van der Waals surface area contributed by atoms with Crippen LogP contribution in [-0.4, -0.2) is 29.4 Å².